The van der Waals surface area contributed by atoms with Crippen molar-refractivity contribution in [1.29, 1.82) is 0 Å². The normalized spacial score (nSPS) is 17.4. The van der Waals surface area contributed by atoms with Crippen LogP contribution in [0.15, 0.2) is 29.1 Å². The standard InChI is InChI=1S/C20H26FN4O5P.Y/c1-24-18(15-12-30-9-7-25(15)8-10-31(2)29)23-16(17(26)20(24)28)19(27)22-11-13-3-5-14(21)6-4-13;/h3-6,15,26,31H,7-12H2,1-2H3,(H,22,27);. The summed E-state index contributed by atoms with van der Waals surface area (Å²) in [5.41, 5.74) is -0.471. The summed E-state index contributed by atoms with van der Waals surface area (Å²) in [6.07, 6.45) is 0.526. The molecule has 0 saturated carbocycles. The number of benzene rings is 1. The third-order valence-corrected chi connectivity index (χ3v) is 6.10. The maximum absolute atomic E-state index is 13.0. The van der Waals surface area contributed by atoms with Gasteiger partial charge in [0.05, 0.1) is 27.1 Å². The number of ether oxygens (including phenoxy) is 1. The maximum Gasteiger partial charge on any atom is 0.296 e. The Hall–Kier alpha value is -1.45. The van der Waals surface area contributed by atoms with Crippen LogP contribution in [-0.2, 0) is 55.6 Å². The molecule has 1 aliphatic rings. The molecule has 171 valence electrons. The van der Waals surface area contributed by atoms with Gasteiger partial charge in [-0.3, -0.25) is 19.1 Å². The van der Waals surface area contributed by atoms with Gasteiger partial charge >= 0.3 is 0 Å². The minimum Gasteiger partial charge on any atom is -0.501 e. The van der Waals surface area contributed by atoms with E-state index in [1.807, 2.05) is 4.90 Å². The molecule has 1 aromatic carbocycles. The number of rotatable bonds is 7. The van der Waals surface area contributed by atoms with Crippen LogP contribution in [0.3, 0.4) is 0 Å². The Morgan fingerprint density at radius 1 is 1.38 bits per heavy atom. The average molecular weight is 541 g/mol. The van der Waals surface area contributed by atoms with Gasteiger partial charge in [-0.05, 0) is 24.4 Å². The van der Waals surface area contributed by atoms with Gasteiger partial charge in [-0.15, -0.1) is 0 Å². The first-order valence-electron chi connectivity index (χ1n) is 9.91. The number of amides is 1. The van der Waals surface area contributed by atoms with Crippen LogP contribution in [0.4, 0.5) is 4.39 Å². The molecule has 0 bridgehead atoms. The van der Waals surface area contributed by atoms with Crippen molar-refractivity contribution in [3.63, 3.8) is 0 Å². The molecular formula is C20H26FN4O5PY. The number of nitrogens with one attached hydrogen (secondary N) is 1. The SMILES string of the molecule is Cn1c(C2COCCN2CC[PH](C)=O)nc(C(=O)NCc2ccc(F)cc2)c(O)c1=O.[Y]. The Balaban J connectivity index is 0.00000363. The fourth-order valence-electron chi connectivity index (χ4n) is 3.38. The quantitative estimate of drug-likeness (QED) is 0.506. The number of aromatic hydroxyl groups is 1. The zero-order chi connectivity index (χ0) is 22.5. The summed E-state index contributed by atoms with van der Waals surface area (Å²) in [4.78, 5) is 31.6. The molecule has 32 heavy (non-hydrogen) atoms. The van der Waals surface area contributed by atoms with Crippen LogP contribution < -0.4 is 10.9 Å². The minimum atomic E-state index is -1.67. The van der Waals surface area contributed by atoms with Gasteiger partial charge < -0.3 is 19.7 Å². The second-order valence-electron chi connectivity index (χ2n) is 7.42. The van der Waals surface area contributed by atoms with Crippen molar-refractivity contribution in [2.45, 2.75) is 12.6 Å². The molecular weight excluding hydrogens is 515 g/mol. The predicted molar refractivity (Wildman–Crippen MR) is 114 cm³/mol. The van der Waals surface area contributed by atoms with Gasteiger partial charge in [0, 0.05) is 65.6 Å². The number of hydrogen-bond acceptors (Lipinski definition) is 7. The van der Waals surface area contributed by atoms with E-state index in [0.717, 1.165) is 0 Å². The summed E-state index contributed by atoms with van der Waals surface area (Å²) >= 11 is 0. The van der Waals surface area contributed by atoms with Gasteiger partial charge in [0.2, 0.25) is 5.75 Å². The third-order valence-electron chi connectivity index (χ3n) is 5.17. The van der Waals surface area contributed by atoms with Crippen molar-refractivity contribution < 1.29 is 56.3 Å². The number of aromatic nitrogens is 2. The molecule has 1 amide bonds. The Kier molecular flexibility index (Phi) is 10.2. The summed E-state index contributed by atoms with van der Waals surface area (Å²) in [5.74, 6) is -1.57. The molecule has 1 radical (unpaired) electrons. The van der Waals surface area contributed by atoms with Gasteiger partial charge in [0.1, 0.15) is 11.6 Å². The van der Waals surface area contributed by atoms with Gasteiger partial charge in [-0.2, -0.15) is 0 Å². The fraction of sp³-hybridized carbons (Fsp3) is 0.450. The fourth-order valence-corrected chi connectivity index (χ4v) is 3.98. The molecule has 2 N–H and O–H groups in total. The van der Waals surface area contributed by atoms with E-state index < -0.39 is 36.9 Å². The van der Waals surface area contributed by atoms with E-state index in [1.54, 1.807) is 6.66 Å². The summed E-state index contributed by atoms with van der Waals surface area (Å²) in [6.45, 7) is 3.64. The summed E-state index contributed by atoms with van der Waals surface area (Å²) in [5, 5.41) is 12.8. The largest absolute Gasteiger partial charge is 0.501 e. The van der Waals surface area contributed by atoms with E-state index in [9.17, 15) is 23.7 Å². The van der Waals surface area contributed by atoms with Crippen molar-refractivity contribution in [1.82, 2.24) is 19.8 Å². The van der Waals surface area contributed by atoms with Crippen LogP contribution in [0.1, 0.15) is 27.9 Å². The van der Waals surface area contributed by atoms with Crippen molar-refractivity contribution in [2.24, 2.45) is 7.05 Å². The summed E-state index contributed by atoms with van der Waals surface area (Å²) in [6, 6.07) is 5.17. The Bertz CT molecular complexity index is 1030. The molecule has 1 aromatic heterocycles. The molecule has 0 spiro atoms. The van der Waals surface area contributed by atoms with Crippen molar-refractivity contribution in [3.8, 4) is 5.75 Å². The monoisotopic (exact) mass is 541 g/mol. The molecule has 2 atom stereocenters. The van der Waals surface area contributed by atoms with Gasteiger partial charge in [0.15, 0.2) is 5.69 Å². The smallest absolute Gasteiger partial charge is 0.296 e. The van der Waals surface area contributed by atoms with Crippen LogP contribution in [-0.4, -0.2) is 64.6 Å². The summed E-state index contributed by atoms with van der Waals surface area (Å²) in [7, 11) is -0.197. The Morgan fingerprint density at radius 3 is 2.72 bits per heavy atom. The van der Waals surface area contributed by atoms with Crippen molar-refractivity contribution >= 4 is 13.7 Å². The molecule has 3 rings (SSSR count). The van der Waals surface area contributed by atoms with E-state index >= 15 is 0 Å². The molecule has 1 fully saturated rings. The number of hydrogen-bond donors (Lipinski definition) is 2. The third kappa shape index (κ3) is 6.54. The molecule has 2 unspecified atom stereocenters. The first kappa shape index (κ1) is 26.8. The van der Waals surface area contributed by atoms with Crippen LogP contribution >= 0.6 is 7.80 Å². The van der Waals surface area contributed by atoms with E-state index in [1.165, 1.54) is 35.9 Å². The average Bonchev–Trinajstić information content (AvgIpc) is 2.76. The molecule has 9 nitrogen and oxygen atoms in total. The van der Waals surface area contributed by atoms with E-state index in [-0.39, 0.29) is 57.4 Å². The van der Waals surface area contributed by atoms with Gasteiger partial charge in [-0.25, -0.2) is 9.37 Å². The maximum atomic E-state index is 13.0. The second kappa shape index (κ2) is 12.1. The van der Waals surface area contributed by atoms with Crippen LogP contribution in [0.2, 0.25) is 0 Å². The number of carbonyl (C=O) groups is 1. The molecule has 1 saturated heterocycles. The molecule has 2 aromatic rings. The number of halogens is 1. The zero-order valence-electron chi connectivity index (χ0n) is 18.0. The topological polar surface area (TPSA) is 114 Å². The van der Waals surface area contributed by atoms with Gasteiger partial charge in [0.25, 0.3) is 11.5 Å². The predicted octanol–water partition coefficient (Wildman–Crippen LogP) is 1.12. The van der Waals surface area contributed by atoms with Crippen molar-refractivity contribution in [2.75, 3.05) is 39.1 Å². The molecule has 2 heterocycles. The van der Waals surface area contributed by atoms with E-state index in [4.69, 9.17) is 4.74 Å². The van der Waals surface area contributed by atoms with Crippen molar-refractivity contribution in [3.05, 3.63) is 57.5 Å². The number of nitrogens with zero attached hydrogens (tertiary/aromatic N) is 3. The van der Waals surface area contributed by atoms with E-state index in [2.05, 4.69) is 10.3 Å². The first-order valence-corrected chi connectivity index (χ1v) is 12.0. The Labute approximate surface area is 211 Å². The number of morpholine rings is 1. The number of carbonyl (C=O) groups excluding carboxylic acids is 1. The molecule has 0 aliphatic carbocycles. The molecule has 1 aliphatic heterocycles. The van der Waals surface area contributed by atoms with Crippen LogP contribution in [0.25, 0.3) is 0 Å². The van der Waals surface area contributed by atoms with Crippen LogP contribution in [0.5, 0.6) is 5.75 Å². The Morgan fingerprint density at radius 2 is 2.06 bits per heavy atom. The van der Waals surface area contributed by atoms with Gasteiger partial charge in [-0.1, -0.05) is 12.1 Å². The van der Waals surface area contributed by atoms with Crippen LogP contribution in [0, 0.1) is 5.82 Å². The first-order chi connectivity index (χ1) is 14.8. The summed E-state index contributed by atoms with van der Waals surface area (Å²) < 4.78 is 31.4. The van der Waals surface area contributed by atoms with E-state index in [0.29, 0.717) is 31.4 Å². The second-order valence-corrected chi connectivity index (χ2v) is 9.32. The zero-order valence-corrected chi connectivity index (χ0v) is 21.8. The minimum absolute atomic E-state index is 0. The molecule has 12 heteroatoms.